The van der Waals surface area contributed by atoms with E-state index in [1.165, 1.54) is 37.4 Å². The Morgan fingerprint density at radius 3 is 2.46 bits per heavy atom. The van der Waals surface area contributed by atoms with Crippen LogP contribution in [0, 0.1) is 12.7 Å². The molecule has 2 aromatic rings. The van der Waals surface area contributed by atoms with Crippen LogP contribution in [-0.2, 0) is 14.8 Å². The van der Waals surface area contributed by atoms with Gasteiger partial charge in [-0.25, -0.2) is 12.8 Å². The van der Waals surface area contributed by atoms with Gasteiger partial charge in [-0.15, -0.1) is 0 Å². The Bertz CT molecular complexity index is 887. The molecule has 0 aliphatic heterocycles. The molecule has 128 valence electrons. The van der Waals surface area contributed by atoms with Crippen LogP contribution in [0.4, 0.5) is 4.39 Å². The molecule has 0 aromatic heterocycles. The van der Waals surface area contributed by atoms with Gasteiger partial charge in [0.1, 0.15) is 11.9 Å². The van der Waals surface area contributed by atoms with Crippen molar-refractivity contribution in [2.24, 2.45) is 5.73 Å². The summed E-state index contributed by atoms with van der Waals surface area (Å²) >= 11 is 5.98. The molecule has 2 N–H and O–H groups in total. The molecule has 0 saturated carbocycles. The Labute approximate surface area is 144 Å². The van der Waals surface area contributed by atoms with Gasteiger partial charge >= 0.3 is 0 Å². The summed E-state index contributed by atoms with van der Waals surface area (Å²) in [4.78, 5) is 11.8. The number of rotatable bonds is 5. The average Bonchev–Trinajstić information content (AvgIpc) is 2.49. The average molecular weight is 371 g/mol. The number of likely N-dealkylation sites (N-methyl/N-ethyl adjacent to an activating group) is 1. The van der Waals surface area contributed by atoms with Gasteiger partial charge in [-0.3, -0.25) is 4.79 Å². The highest BCUT2D eigenvalue weighted by Gasteiger charge is 2.34. The van der Waals surface area contributed by atoms with Crippen LogP contribution in [0.1, 0.15) is 17.2 Å². The van der Waals surface area contributed by atoms with Crippen LogP contribution in [0.5, 0.6) is 0 Å². The van der Waals surface area contributed by atoms with Crippen LogP contribution in [0.3, 0.4) is 0 Å². The quantitative estimate of drug-likeness (QED) is 0.878. The number of primary amides is 1. The van der Waals surface area contributed by atoms with Crippen LogP contribution < -0.4 is 5.73 Å². The van der Waals surface area contributed by atoms with E-state index < -0.39 is 27.8 Å². The summed E-state index contributed by atoms with van der Waals surface area (Å²) in [6.07, 6.45) is 0. The van der Waals surface area contributed by atoms with Crippen LogP contribution in [-0.4, -0.2) is 25.7 Å². The van der Waals surface area contributed by atoms with Crippen molar-refractivity contribution < 1.29 is 17.6 Å². The zero-order valence-electron chi connectivity index (χ0n) is 13.0. The molecule has 0 bridgehead atoms. The largest absolute Gasteiger partial charge is 0.368 e. The number of nitrogens with zero attached hydrogens (tertiary/aromatic N) is 1. The lowest BCUT2D eigenvalue weighted by Crippen LogP contribution is -2.39. The van der Waals surface area contributed by atoms with Gasteiger partial charge in [-0.2, -0.15) is 4.31 Å². The minimum Gasteiger partial charge on any atom is -0.368 e. The number of halogens is 2. The van der Waals surface area contributed by atoms with Crippen LogP contribution in [0.2, 0.25) is 5.02 Å². The molecular weight excluding hydrogens is 355 g/mol. The van der Waals surface area contributed by atoms with Crippen molar-refractivity contribution in [3.63, 3.8) is 0 Å². The number of hydrogen-bond acceptors (Lipinski definition) is 3. The first kappa shape index (κ1) is 18.4. The van der Waals surface area contributed by atoms with E-state index in [0.717, 1.165) is 10.4 Å². The molecule has 0 heterocycles. The van der Waals surface area contributed by atoms with Crippen molar-refractivity contribution in [2.75, 3.05) is 7.05 Å². The van der Waals surface area contributed by atoms with Crippen LogP contribution in [0.25, 0.3) is 0 Å². The molecule has 1 atom stereocenters. The lowest BCUT2D eigenvalue weighted by molar-refractivity contribution is -0.121. The fourth-order valence-corrected chi connectivity index (χ4v) is 4.18. The third-order valence-corrected chi connectivity index (χ3v) is 6.05. The molecule has 0 aliphatic rings. The predicted molar refractivity (Wildman–Crippen MR) is 89.5 cm³/mol. The molecule has 0 fully saturated rings. The van der Waals surface area contributed by atoms with Gasteiger partial charge in [0, 0.05) is 12.1 Å². The molecule has 5 nitrogen and oxygen atoms in total. The molecule has 24 heavy (non-hydrogen) atoms. The molecule has 0 radical (unpaired) electrons. The Balaban J connectivity index is 2.55. The first-order valence-electron chi connectivity index (χ1n) is 6.94. The second-order valence-corrected chi connectivity index (χ2v) is 7.62. The number of carbonyl (C=O) groups is 1. The second kappa shape index (κ2) is 6.88. The fourth-order valence-electron chi connectivity index (χ4n) is 2.39. The third kappa shape index (κ3) is 3.43. The molecule has 8 heteroatoms. The molecule has 1 amide bonds. The predicted octanol–water partition coefficient (Wildman–Crippen LogP) is 2.63. The van der Waals surface area contributed by atoms with Gasteiger partial charge in [-0.05, 0) is 42.3 Å². The summed E-state index contributed by atoms with van der Waals surface area (Å²) in [7, 11) is -2.85. The standard InChI is InChI=1S/C16H16ClFN2O3S/c1-10-13(17)7-4-8-14(10)24(22,23)20(2)15(16(19)21)11-5-3-6-12(18)9-11/h3-9,15H,1-2H3,(H2,19,21). The first-order valence-corrected chi connectivity index (χ1v) is 8.76. The van der Waals surface area contributed by atoms with Gasteiger partial charge in [0.15, 0.2) is 0 Å². The number of nitrogens with two attached hydrogens (primary N) is 1. The SMILES string of the molecule is Cc1c(Cl)cccc1S(=O)(=O)N(C)C(C(N)=O)c1cccc(F)c1. The first-order chi connectivity index (χ1) is 11.2. The molecule has 0 aliphatic carbocycles. The number of sulfonamides is 1. The number of carbonyl (C=O) groups excluding carboxylic acids is 1. The zero-order chi connectivity index (χ0) is 18.1. The van der Waals surface area contributed by atoms with Gasteiger partial charge in [0.25, 0.3) is 0 Å². The molecule has 0 saturated heterocycles. The van der Waals surface area contributed by atoms with E-state index >= 15 is 0 Å². The van der Waals surface area contributed by atoms with Gasteiger partial charge in [0.05, 0.1) is 4.90 Å². The zero-order valence-corrected chi connectivity index (χ0v) is 14.6. The maximum absolute atomic E-state index is 13.5. The van der Waals surface area contributed by atoms with E-state index in [1.807, 2.05) is 0 Å². The lowest BCUT2D eigenvalue weighted by atomic mass is 10.1. The summed E-state index contributed by atoms with van der Waals surface area (Å²) in [5.41, 5.74) is 5.87. The summed E-state index contributed by atoms with van der Waals surface area (Å²) in [6, 6.07) is 8.19. The highest BCUT2D eigenvalue weighted by atomic mass is 35.5. The highest BCUT2D eigenvalue weighted by molar-refractivity contribution is 7.89. The van der Waals surface area contributed by atoms with E-state index in [9.17, 15) is 17.6 Å². The van der Waals surface area contributed by atoms with Crippen molar-refractivity contribution in [1.82, 2.24) is 4.31 Å². The van der Waals surface area contributed by atoms with E-state index in [4.69, 9.17) is 17.3 Å². The van der Waals surface area contributed by atoms with E-state index in [2.05, 4.69) is 0 Å². The maximum atomic E-state index is 13.5. The van der Waals surface area contributed by atoms with E-state index in [0.29, 0.717) is 5.56 Å². The van der Waals surface area contributed by atoms with Gasteiger partial charge in [0.2, 0.25) is 15.9 Å². The summed E-state index contributed by atoms with van der Waals surface area (Å²) in [5, 5.41) is 0.283. The maximum Gasteiger partial charge on any atom is 0.244 e. The third-order valence-electron chi connectivity index (χ3n) is 3.67. The molecule has 1 unspecified atom stereocenters. The lowest BCUT2D eigenvalue weighted by Gasteiger charge is -2.26. The number of benzene rings is 2. The van der Waals surface area contributed by atoms with Crippen molar-refractivity contribution in [2.45, 2.75) is 17.9 Å². The number of amides is 1. The van der Waals surface area contributed by atoms with Crippen LogP contribution in [0.15, 0.2) is 47.4 Å². The van der Waals surface area contributed by atoms with Gasteiger partial charge in [-0.1, -0.05) is 29.8 Å². The topological polar surface area (TPSA) is 80.5 Å². The van der Waals surface area contributed by atoms with E-state index in [1.54, 1.807) is 13.0 Å². The molecule has 0 spiro atoms. The van der Waals surface area contributed by atoms with Gasteiger partial charge < -0.3 is 5.73 Å². The summed E-state index contributed by atoms with van der Waals surface area (Å²) < 4.78 is 40.0. The van der Waals surface area contributed by atoms with Crippen molar-refractivity contribution >= 4 is 27.5 Å². The normalized spacial score (nSPS) is 13.0. The molecular formula is C16H16ClFN2O3S. The smallest absolute Gasteiger partial charge is 0.244 e. The Hall–Kier alpha value is -1.96. The Morgan fingerprint density at radius 1 is 1.25 bits per heavy atom. The summed E-state index contributed by atoms with van der Waals surface area (Å²) in [5.74, 6) is -1.50. The number of hydrogen-bond donors (Lipinski definition) is 1. The molecule has 2 aromatic carbocycles. The molecule has 2 rings (SSSR count). The minimum absolute atomic E-state index is 0.0415. The van der Waals surface area contributed by atoms with Crippen molar-refractivity contribution in [3.05, 3.63) is 64.4 Å². The van der Waals surface area contributed by atoms with Crippen molar-refractivity contribution in [1.29, 1.82) is 0 Å². The van der Waals surface area contributed by atoms with Crippen LogP contribution >= 0.6 is 11.6 Å². The van der Waals surface area contributed by atoms with Crippen molar-refractivity contribution in [3.8, 4) is 0 Å². The highest BCUT2D eigenvalue weighted by Crippen LogP contribution is 2.30. The minimum atomic E-state index is -4.07. The Morgan fingerprint density at radius 2 is 1.88 bits per heavy atom. The summed E-state index contributed by atoms with van der Waals surface area (Å²) in [6.45, 7) is 1.56. The van der Waals surface area contributed by atoms with E-state index in [-0.39, 0.29) is 15.5 Å². The monoisotopic (exact) mass is 370 g/mol. The fraction of sp³-hybridized carbons (Fsp3) is 0.188. The Kier molecular flexibility index (Phi) is 5.27. The second-order valence-electron chi connectivity index (χ2n) is 5.24.